The summed E-state index contributed by atoms with van der Waals surface area (Å²) in [4.78, 5) is 4.29. The van der Waals surface area contributed by atoms with Gasteiger partial charge in [0.1, 0.15) is 11.5 Å². The standard InChI is InChI=1S/C9H11BrN4S/c1-4(2)5-6(13-14-9(5)11)7-8(10)15-3-12-7/h3-4H,1-2H3,(H3,11,13,14). The molecule has 0 aliphatic rings. The maximum Gasteiger partial charge on any atom is 0.149 e. The lowest BCUT2D eigenvalue weighted by Gasteiger charge is -2.05. The van der Waals surface area contributed by atoms with Gasteiger partial charge in [0.2, 0.25) is 0 Å². The lowest BCUT2D eigenvalue weighted by Crippen LogP contribution is -1.95. The molecule has 0 aliphatic carbocycles. The Labute approximate surface area is 100 Å². The molecule has 2 heterocycles. The van der Waals surface area contributed by atoms with Crippen LogP contribution >= 0.6 is 27.3 Å². The van der Waals surface area contributed by atoms with Crippen LogP contribution in [0, 0.1) is 0 Å². The molecule has 0 aromatic carbocycles. The van der Waals surface area contributed by atoms with Crippen molar-refractivity contribution in [3.63, 3.8) is 0 Å². The summed E-state index contributed by atoms with van der Waals surface area (Å²) in [5.74, 6) is 0.882. The largest absolute Gasteiger partial charge is 0.382 e. The molecular weight excluding hydrogens is 276 g/mol. The van der Waals surface area contributed by atoms with Crippen molar-refractivity contribution in [1.29, 1.82) is 0 Å². The number of hydrogen-bond donors (Lipinski definition) is 2. The average molecular weight is 287 g/mol. The van der Waals surface area contributed by atoms with E-state index in [0.717, 1.165) is 20.7 Å². The van der Waals surface area contributed by atoms with Gasteiger partial charge in [-0.25, -0.2) is 4.98 Å². The van der Waals surface area contributed by atoms with Crippen LogP contribution in [0.5, 0.6) is 0 Å². The van der Waals surface area contributed by atoms with Gasteiger partial charge in [0.25, 0.3) is 0 Å². The maximum atomic E-state index is 5.82. The van der Waals surface area contributed by atoms with E-state index >= 15 is 0 Å². The summed E-state index contributed by atoms with van der Waals surface area (Å²) in [5.41, 5.74) is 10.4. The third kappa shape index (κ3) is 1.79. The van der Waals surface area contributed by atoms with Crippen LogP contribution < -0.4 is 5.73 Å². The molecule has 0 radical (unpaired) electrons. The highest BCUT2D eigenvalue weighted by molar-refractivity contribution is 9.11. The number of hydrogen-bond acceptors (Lipinski definition) is 4. The zero-order valence-corrected chi connectivity index (χ0v) is 10.8. The summed E-state index contributed by atoms with van der Waals surface area (Å²) in [6.07, 6.45) is 0. The number of nitrogen functional groups attached to an aromatic ring is 1. The molecule has 0 saturated heterocycles. The van der Waals surface area contributed by atoms with Crippen LogP contribution in [0.4, 0.5) is 5.82 Å². The fourth-order valence-corrected chi connectivity index (χ4v) is 2.59. The lowest BCUT2D eigenvalue weighted by molar-refractivity contribution is 0.872. The summed E-state index contributed by atoms with van der Waals surface area (Å²) >= 11 is 5.01. The van der Waals surface area contributed by atoms with Gasteiger partial charge in [0.05, 0.1) is 15.0 Å². The number of nitrogens with two attached hydrogens (primary N) is 1. The molecule has 3 N–H and O–H groups in total. The fourth-order valence-electron chi connectivity index (χ4n) is 1.52. The molecule has 0 spiro atoms. The van der Waals surface area contributed by atoms with Gasteiger partial charge < -0.3 is 5.73 Å². The Balaban J connectivity index is 2.59. The van der Waals surface area contributed by atoms with Crippen LogP contribution in [0.1, 0.15) is 25.3 Å². The highest BCUT2D eigenvalue weighted by Gasteiger charge is 2.18. The highest BCUT2D eigenvalue weighted by Crippen LogP contribution is 2.35. The molecule has 0 bridgehead atoms. The molecule has 0 atom stereocenters. The van der Waals surface area contributed by atoms with E-state index in [2.05, 4.69) is 45.0 Å². The van der Waals surface area contributed by atoms with Gasteiger partial charge in [-0.15, -0.1) is 11.3 Å². The van der Waals surface area contributed by atoms with E-state index < -0.39 is 0 Å². The minimum Gasteiger partial charge on any atom is -0.382 e. The number of nitrogens with one attached hydrogen (secondary N) is 1. The number of nitrogens with zero attached hydrogens (tertiary/aromatic N) is 2. The number of rotatable bonds is 2. The molecule has 2 aromatic rings. The summed E-state index contributed by atoms with van der Waals surface area (Å²) in [5, 5.41) is 6.97. The minimum atomic E-state index is 0.326. The van der Waals surface area contributed by atoms with E-state index in [4.69, 9.17) is 5.73 Å². The number of aromatic amines is 1. The van der Waals surface area contributed by atoms with Crippen molar-refractivity contribution in [2.75, 3.05) is 5.73 Å². The quantitative estimate of drug-likeness (QED) is 0.892. The van der Waals surface area contributed by atoms with Crippen molar-refractivity contribution >= 4 is 33.1 Å². The molecule has 80 valence electrons. The number of thiazole rings is 1. The van der Waals surface area contributed by atoms with Crippen LogP contribution in [0.3, 0.4) is 0 Å². The van der Waals surface area contributed by atoms with Crippen molar-refractivity contribution in [2.45, 2.75) is 19.8 Å². The summed E-state index contributed by atoms with van der Waals surface area (Å²) in [7, 11) is 0. The Kier molecular flexibility index (Phi) is 2.79. The average Bonchev–Trinajstić information content (AvgIpc) is 2.71. The van der Waals surface area contributed by atoms with E-state index in [0.29, 0.717) is 11.7 Å². The monoisotopic (exact) mass is 286 g/mol. The van der Waals surface area contributed by atoms with Gasteiger partial charge in [0, 0.05) is 5.56 Å². The molecule has 0 fully saturated rings. The minimum absolute atomic E-state index is 0.326. The normalized spacial score (nSPS) is 11.2. The topological polar surface area (TPSA) is 67.6 Å². The first-order chi connectivity index (χ1) is 7.11. The van der Waals surface area contributed by atoms with Crippen LogP contribution in [0.15, 0.2) is 9.30 Å². The van der Waals surface area contributed by atoms with Gasteiger partial charge in [0.15, 0.2) is 0 Å². The number of aromatic nitrogens is 3. The molecule has 15 heavy (non-hydrogen) atoms. The van der Waals surface area contributed by atoms with E-state index in [9.17, 15) is 0 Å². The highest BCUT2D eigenvalue weighted by atomic mass is 79.9. The number of halogens is 1. The zero-order chi connectivity index (χ0) is 11.0. The lowest BCUT2D eigenvalue weighted by atomic mass is 10.0. The Bertz CT molecular complexity index is 474. The summed E-state index contributed by atoms with van der Waals surface area (Å²) in [6, 6.07) is 0. The zero-order valence-electron chi connectivity index (χ0n) is 8.41. The number of H-pyrrole nitrogens is 1. The van der Waals surface area contributed by atoms with Crippen LogP contribution in [0.2, 0.25) is 0 Å². The molecule has 6 heteroatoms. The van der Waals surface area contributed by atoms with Crippen molar-refractivity contribution in [3.8, 4) is 11.4 Å². The molecule has 0 unspecified atom stereocenters. The van der Waals surface area contributed by atoms with Gasteiger partial charge >= 0.3 is 0 Å². The molecule has 2 rings (SSSR count). The second-order valence-corrected chi connectivity index (χ2v) is 5.70. The molecule has 0 saturated carbocycles. The van der Waals surface area contributed by atoms with Gasteiger partial charge in [-0.1, -0.05) is 13.8 Å². The third-order valence-electron chi connectivity index (χ3n) is 2.17. The van der Waals surface area contributed by atoms with Crippen LogP contribution in [0.25, 0.3) is 11.4 Å². The van der Waals surface area contributed by atoms with E-state index in [1.54, 1.807) is 16.8 Å². The molecule has 2 aromatic heterocycles. The predicted octanol–water partition coefficient (Wildman–Crippen LogP) is 3.00. The fraction of sp³-hybridized carbons (Fsp3) is 0.333. The molecular formula is C9H11BrN4S. The van der Waals surface area contributed by atoms with Crippen molar-refractivity contribution in [1.82, 2.24) is 15.2 Å². The Morgan fingerprint density at radius 1 is 1.53 bits per heavy atom. The second-order valence-electron chi connectivity index (χ2n) is 3.53. The van der Waals surface area contributed by atoms with Crippen molar-refractivity contribution in [2.24, 2.45) is 0 Å². The Morgan fingerprint density at radius 3 is 2.80 bits per heavy atom. The Hall–Kier alpha value is -0.880. The van der Waals surface area contributed by atoms with E-state index in [1.165, 1.54) is 0 Å². The first kappa shape index (κ1) is 10.6. The molecule has 4 nitrogen and oxygen atoms in total. The summed E-state index contributed by atoms with van der Waals surface area (Å²) < 4.78 is 0.994. The first-order valence-electron chi connectivity index (χ1n) is 4.54. The van der Waals surface area contributed by atoms with Gasteiger partial charge in [-0.05, 0) is 21.8 Å². The van der Waals surface area contributed by atoms with Gasteiger partial charge in [-0.3, -0.25) is 5.10 Å². The van der Waals surface area contributed by atoms with Gasteiger partial charge in [-0.2, -0.15) is 5.10 Å². The van der Waals surface area contributed by atoms with Crippen LogP contribution in [-0.4, -0.2) is 15.2 Å². The third-order valence-corrected chi connectivity index (χ3v) is 3.72. The molecule has 0 aliphatic heterocycles. The van der Waals surface area contributed by atoms with E-state index in [1.807, 2.05) is 0 Å². The van der Waals surface area contributed by atoms with Crippen LogP contribution in [-0.2, 0) is 0 Å². The summed E-state index contributed by atoms with van der Waals surface area (Å²) in [6.45, 7) is 4.18. The molecule has 0 amide bonds. The predicted molar refractivity (Wildman–Crippen MR) is 65.9 cm³/mol. The van der Waals surface area contributed by atoms with E-state index in [-0.39, 0.29) is 0 Å². The van der Waals surface area contributed by atoms with Crippen molar-refractivity contribution < 1.29 is 0 Å². The second kappa shape index (κ2) is 3.94. The van der Waals surface area contributed by atoms with Crippen molar-refractivity contribution in [3.05, 3.63) is 14.9 Å². The Morgan fingerprint density at radius 2 is 2.27 bits per heavy atom. The maximum absolute atomic E-state index is 5.82. The number of anilines is 1. The first-order valence-corrected chi connectivity index (χ1v) is 6.21. The SMILES string of the molecule is CC(C)c1c(N)n[nH]c1-c1ncsc1Br. The smallest absolute Gasteiger partial charge is 0.149 e.